The maximum absolute atomic E-state index is 5.32. The molecule has 0 saturated heterocycles. The van der Waals surface area contributed by atoms with E-state index in [4.69, 9.17) is 18.0 Å². The Hall–Kier alpha value is 0.759. The summed E-state index contributed by atoms with van der Waals surface area (Å²) < 4.78 is 0.632. The van der Waals surface area contributed by atoms with Crippen LogP contribution in [0.15, 0.2) is 0 Å². The van der Waals surface area contributed by atoms with Gasteiger partial charge in [0.15, 0.2) is 0 Å². The first kappa shape index (κ1) is 7.76. The van der Waals surface area contributed by atoms with Gasteiger partial charge in [-0.05, 0) is 0 Å². The minimum absolute atomic E-state index is 0.632. The van der Waals surface area contributed by atoms with E-state index in [1.165, 1.54) is 0 Å². The number of nitrogens with two attached hydrogens (primary N) is 1. The first-order valence-corrected chi connectivity index (χ1v) is 6.81. The fourth-order valence-corrected chi connectivity index (χ4v) is 0. The molecule has 0 rings (SSSR count). The average Bonchev–Trinajstić information content (AvgIpc) is 1.31. The summed E-state index contributed by atoms with van der Waals surface area (Å²) in [6, 6.07) is 0. The molecular weight excluding hydrogens is 193 g/mol. The van der Waals surface area contributed by atoms with E-state index in [2.05, 4.69) is 27.4 Å². The third-order valence-electron chi connectivity index (χ3n) is 0.492. The number of hydrogen-bond donors (Lipinski definition) is 1. The van der Waals surface area contributed by atoms with Crippen LogP contribution in [0.25, 0.3) is 0 Å². The molecule has 0 aromatic carbocycles. The van der Waals surface area contributed by atoms with E-state index in [0.29, 0.717) is 4.32 Å². The Labute approximate surface area is 58.2 Å². The normalized spacial score (nSPS) is 13.6. The zero-order chi connectivity index (χ0) is 6.08. The molecule has 4 heteroatoms. The predicted octanol–water partition coefficient (Wildman–Crippen LogP) is 0.110. The van der Waals surface area contributed by atoms with Gasteiger partial charge in [-0.3, -0.25) is 0 Å². The zero-order valence-electron chi connectivity index (χ0n) is 4.34. The Morgan fingerprint density at radius 2 is 1.86 bits per heavy atom. The summed E-state index contributed by atoms with van der Waals surface area (Å²) in [4.78, 5) is 0. The van der Waals surface area contributed by atoms with Crippen LogP contribution >= 0.6 is 20.7 Å². The summed E-state index contributed by atoms with van der Waals surface area (Å²) in [5.41, 5.74) is 5.32. The van der Waals surface area contributed by atoms with Gasteiger partial charge < -0.3 is 0 Å². The molecule has 1 nitrogen and oxygen atoms in total. The first-order chi connectivity index (χ1) is 2.94. The Morgan fingerprint density at radius 3 is 1.86 bits per heavy atom. The first-order valence-electron chi connectivity index (χ1n) is 1.70. The second-order valence-electron chi connectivity index (χ2n) is 1.59. The summed E-state index contributed by atoms with van der Waals surface area (Å²) in [5, 5.41) is 0. The molecule has 0 saturated carbocycles. The monoisotopic (exact) mass is 203 g/mol. The molecular formula is C3H9NS2Se. The quantitative estimate of drug-likeness (QED) is 0.445. The van der Waals surface area contributed by atoms with Crippen LogP contribution in [-0.2, 0) is 0 Å². The fourth-order valence-electron chi connectivity index (χ4n) is 0. The van der Waals surface area contributed by atoms with E-state index in [1.807, 2.05) is 0 Å². The van der Waals surface area contributed by atoms with E-state index in [1.54, 1.807) is 0 Å². The third kappa shape index (κ3) is 3.35. The molecule has 0 radical (unpaired) electrons. The Morgan fingerprint density at radius 1 is 1.71 bits per heavy atom. The molecule has 0 aliphatic carbocycles. The summed E-state index contributed by atoms with van der Waals surface area (Å²) in [6.45, 7) is 0. The van der Waals surface area contributed by atoms with E-state index in [-0.39, 0.29) is 0 Å². The molecule has 0 amide bonds. The van der Waals surface area contributed by atoms with Crippen molar-refractivity contribution in [1.82, 2.24) is 0 Å². The van der Waals surface area contributed by atoms with Crippen molar-refractivity contribution < 1.29 is 0 Å². The van der Waals surface area contributed by atoms with Gasteiger partial charge in [0.2, 0.25) is 0 Å². The van der Waals surface area contributed by atoms with Gasteiger partial charge in [0.1, 0.15) is 0 Å². The van der Waals surface area contributed by atoms with Crippen LogP contribution < -0.4 is 5.73 Å². The van der Waals surface area contributed by atoms with E-state index >= 15 is 0 Å². The van der Waals surface area contributed by atoms with Crippen molar-refractivity contribution in [2.45, 2.75) is 0 Å². The molecule has 44 valence electrons. The van der Waals surface area contributed by atoms with Crippen molar-refractivity contribution in [3.05, 3.63) is 0 Å². The van der Waals surface area contributed by atoms with E-state index in [0.717, 1.165) is 0 Å². The standard InChI is InChI=1S/C3H9NS2Se/c1-6(2,7)3(4)5/h7H,1-2H3,(H2,4,5). The van der Waals surface area contributed by atoms with E-state index in [9.17, 15) is 0 Å². The number of thiocarbonyl (C=S) groups is 1. The molecule has 0 bridgehead atoms. The second kappa shape index (κ2) is 2.35. The van der Waals surface area contributed by atoms with Gasteiger partial charge in [0, 0.05) is 0 Å². The van der Waals surface area contributed by atoms with Crippen LogP contribution in [0.3, 0.4) is 0 Å². The van der Waals surface area contributed by atoms with Gasteiger partial charge >= 0.3 is 58.1 Å². The second-order valence-corrected chi connectivity index (χ2v) is 11.0. The van der Waals surface area contributed by atoms with Crippen molar-refractivity contribution in [2.24, 2.45) is 5.73 Å². The van der Waals surface area contributed by atoms with Crippen molar-refractivity contribution in [2.75, 3.05) is 12.5 Å². The third-order valence-corrected chi connectivity index (χ3v) is 4.77. The fraction of sp³-hybridized carbons (Fsp3) is 0.667. The van der Waals surface area contributed by atoms with Gasteiger partial charge in [-0.1, -0.05) is 0 Å². The predicted molar refractivity (Wildman–Crippen MR) is 43.4 cm³/mol. The molecule has 0 fully saturated rings. The molecule has 0 spiro atoms. The number of hydrogen-bond acceptors (Lipinski definition) is 1. The molecule has 0 aliphatic rings. The van der Waals surface area contributed by atoms with Crippen molar-refractivity contribution in [1.29, 1.82) is 0 Å². The summed E-state index contributed by atoms with van der Waals surface area (Å²) in [7, 11) is -0.794. The van der Waals surface area contributed by atoms with Crippen LogP contribution in [0, 0.1) is 0 Å². The summed E-state index contributed by atoms with van der Waals surface area (Å²) >= 11 is 7.24. The Kier molecular flexibility index (Phi) is 2.61. The van der Waals surface area contributed by atoms with E-state index < -0.39 is 8.45 Å². The van der Waals surface area contributed by atoms with Crippen LogP contribution in [0.5, 0.6) is 0 Å². The zero-order valence-corrected chi connectivity index (χ0v) is 7.85. The Bertz CT molecular complexity index is 85.4. The Balaban J connectivity index is 3.79. The van der Waals surface area contributed by atoms with Crippen LogP contribution in [-0.4, -0.2) is 31.7 Å². The molecule has 0 atom stereocenters. The average molecular weight is 202 g/mol. The van der Waals surface area contributed by atoms with Crippen molar-refractivity contribution in [3.8, 4) is 0 Å². The van der Waals surface area contributed by atoms with Crippen LogP contribution in [0.4, 0.5) is 0 Å². The van der Waals surface area contributed by atoms with Crippen LogP contribution in [0.1, 0.15) is 0 Å². The minimum atomic E-state index is -0.794. The van der Waals surface area contributed by atoms with Crippen molar-refractivity contribution in [3.63, 3.8) is 0 Å². The molecule has 7 heavy (non-hydrogen) atoms. The molecule has 2 N–H and O–H groups in total. The number of rotatable bonds is 0. The SMILES string of the molecule is CS(C)([SeH])C(N)=S. The van der Waals surface area contributed by atoms with Gasteiger partial charge in [-0.2, -0.15) is 0 Å². The maximum atomic E-state index is 5.32. The van der Waals surface area contributed by atoms with Gasteiger partial charge in [-0.25, -0.2) is 0 Å². The topological polar surface area (TPSA) is 26.0 Å². The molecule has 0 aromatic heterocycles. The van der Waals surface area contributed by atoms with Crippen LogP contribution in [0.2, 0.25) is 0 Å². The van der Waals surface area contributed by atoms with Gasteiger partial charge in [-0.15, -0.1) is 0 Å². The molecule has 0 unspecified atom stereocenters. The van der Waals surface area contributed by atoms with Crippen molar-refractivity contribution >= 4 is 39.9 Å². The van der Waals surface area contributed by atoms with Gasteiger partial charge in [0.05, 0.1) is 0 Å². The summed E-state index contributed by atoms with van der Waals surface area (Å²) in [5.74, 6) is 0. The van der Waals surface area contributed by atoms with Gasteiger partial charge in [0.25, 0.3) is 0 Å². The molecule has 0 heterocycles. The summed E-state index contributed by atoms with van der Waals surface area (Å²) in [6.07, 6.45) is 4.10. The molecule has 0 aromatic rings. The molecule has 0 aliphatic heterocycles.